The Morgan fingerprint density at radius 1 is 0.682 bits per heavy atom. The van der Waals surface area contributed by atoms with Crippen LogP contribution in [0, 0.1) is 0 Å². The van der Waals surface area contributed by atoms with Gasteiger partial charge in [0.15, 0.2) is 0 Å². The van der Waals surface area contributed by atoms with Gasteiger partial charge in [-0.2, -0.15) is 0 Å². The molecule has 112 valence electrons. The van der Waals surface area contributed by atoms with E-state index in [-0.39, 0.29) is 11.8 Å². The van der Waals surface area contributed by atoms with Crippen LogP contribution < -0.4 is 0 Å². The van der Waals surface area contributed by atoms with Gasteiger partial charge < -0.3 is 9.80 Å². The topological polar surface area (TPSA) is 40.6 Å². The number of nitrogens with zero attached hydrogens (tertiary/aromatic N) is 2. The van der Waals surface area contributed by atoms with E-state index < -0.39 is 0 Å². The quantitative estimate of drug-likeness (QED) is 0.854. The number of amides is 2. The zero-order valence-corrected chi connectivity index (χ0v) is 12.3. The average molecular weight is 294 g/mol. The Labute approximate surface area is 130 Å². The molecule has 0 radical (unpaired) electrons. The standard InChI is InChI=1S/C18H18N2O2/c21-17(15-8-3-1-4-9-15)19-12-7-13-20(14-19)18(22)16-10-5-2-6-11-16/h1-6,8-11H,7,12-14H2. The number of hydrogen-bond donors (Lipinski definition) is 0. The van der Waals surface area contributed by atoms with Crippen LogP contribution in [0.15, 0.2) is 60.7 Å². The van der Waals surface area contributed by atoms with Gasteiger partial charge in [0, 0.05) is 24.2 Å². The molecule has 0 aromatic heterocycles. The van der Waals surface area contributed by atoms with Gasteiger partial charge in [0.2, 0.25) is 0 Å². The Morgan fingerprint density at radius 2 is 1.09 bits per heavy atom. The first-order chi connectivity index (χ1) is 10.8. The normalized spacial score (nSPS) is 14.7. The fourth-order valence-corrected chi connectivity index (χ4v) is 2.66. The van der Waals surface area contributed by atoms with Gasteiger partial charge in [-0.15, -0.1) is 0 Å². The molecule has 4 heteroatoms. The highest BCUT2D eigenvalue weighted by atomic mass is 16.2. The zero-order valence-electron chi connectivity index (χ0n) is 12.3. The molecular weight excluding hydrogens is 276 g/mol. The fourth-order valence-electron chi connectivity index (χ4n) is 2.66. The minimum absolute atomic E-state index is 0.0221. The average Bonchev–Trinajstić information content (AvgIpc) is 2.62. The second-order valence-electron chi connectivity index (χ2n) is 5.36. The Balaban J connectivity index is 1.72. The maximum absolute atomic E-state index is 12.5. The first-order valence-electron chi connectivity index (χ1n) is 7.44. The van der Waals surface area contributed by atoms with Crippen molar-refractivity contribution < 1.29 is 9.59 Å². The number of benzene rings is 2. The molecule has 0 spiro atoms. The van der Waals surface area contributed by atoms with Crippen LogP contribution in [0.25, 0.3) is 0 Å². The van der Waals surface area contributed by atoms with Gasteiger partial charge >= 0.3 is 0 Å². The number of carbonyl (C=O) groups is 2. The molecule has 1 heterocycles. The molecule has 0 atom stereocenters. The Bertz CT molecular complexity index is 598. The first-order valence-corrected chi connectivity index (χ1v) is 7.44. The highest BCUT2D eigenvalue weighted by Crippen LogP contribution is 2.14. The lowest BCUT2D eigenvalue weighted by atomic mass is 10.1. The molecule has 22 heavy (non-hydrogen) atoms. The van der Waals surface area contributed by atoms with E-state index >= 15 is 0 Å². The van der Waals surface area contributed by atoms with Crippen molar-refractivity contribution in [3.05, 3.63) is 71.8 Å². The third-order valence-electron chi connectivity index (χ3n) is 3.81. The summed E-state index contributed by atoms with van der Waals surface area (Å²) in [4.78, 5) is 28.5. The molecule has 1 aliphatic heterocycles. The largest absolute Gasteiger partial charge is 0.321 e. The monoisotopic (exact) mass is 294 g/mol. The van der Waals surface area contributed by atoms with Crippen LogP contribution in [-0.2, 0) is 0 Å². The second kappa shape index (κ2) is 6.43. The molecule has 3 rings (SSSR count). The molecule has 2 aromatic carbocycles. The molecule has 4 nitrogen and oxygen atoms in total. The van der Waals surface area contributed by atoms with Crippen molar-refractivity contribution >= 4 is 11.8 Å². The van der Waals surface area contributed by atoms with E-state index in [9.17, 15) is 9.59 Å². The molecule has 0 N–H and O–H groups in total. The summed E-state index contributed by atoms with van der Waals surface area (Å²) < 4.78 is 0. The predicted octanol–water partition coefficient (Wildman–Crippen LogP) is 2.63. The van der Waals surface area contributed by atoms with E-state index in [2.05, 4.69) is 0 Å². The fraction of sp³-hybridized carbons (Fsp3) is 0.222. The lowest BCUT2D eigenvalue weighted by molar-refractivity contribution is 0.0420. The first kappa shape index (κ1) is 14.3. The predicted molar refractivity (Wildman–Crippen MR) is 84.4 cm³/mol. The Kier molecular flexibility index (Phi) is 4.19. The van der Waals surface area contributed by atoms with E-state index in [4.69, 9.17) is 0 Å². The molecule has 2 aromatic rings. The zero-order chi connectivity index (χ0) is 15.4. The number of carbonyl (C=O) groups excluding carboxylic acids is 2. The SMILES string of the molecule is O=C(c1ccccc1)N1CCCN(C(=O)c2ccccc2)C1. The number of hydrogen-bond acceptors (Lipinski definition) is 2. The second-order valence-corrected chi connectivity index (χ2v) is 5.36. The molecule has 0 aliphatic carbocycles. The van der Waals surface area contributed by atoms with Crippen molar-refractivity contribution in [2.75, 3.05) is 19.8 Å². The van der Waals surface area contributed by atoms with E-state index in [1.54, 1.807) is 34.1 Å². The maximum atomic E-state index is 12.5. The minimum Gasteiger partial charge on any atom is -0.321 e. The Morgan fingerprint density at radius 3 is 1.50 bits per heavy atom. The van der Waals surface area contributed by atoms with E-state index in [1.807, 2.05) is 36.4 Å². The summed E-state index contributed by atoms with van der Waals surface area (Å²) >= 11 is 0. The van der Waals surface area contributed by atoms with Crippen molar-refractivity contribution in [1.29, 1.82) is 0 Å². The van der Waals surface area contributed by atoms with Gasteiger partial charge in [0.05, 0.1) is 6.67 Å². The van der Waals surface area contributed by atoms with Gasteiger partial charge in [-0.3, -0.25) is 9.59 Å². The summed E-state index contributed by atoms with van der Waals surface area (Å²) in [7, 11) is 0. The molecule has 0 bridgehead atoms. The van der Waals surface area contributed by atoms with Crippen LogP contribution in [0.2, 0.25) is 0 Å². The third kappa shape index (κ3) is 3.01. The maximum Gasteiger partial charge on any atom is 0.255 e. The number of rotatable bonds is 2. The van der Waals surface area contributed by atoms with Crippen LogP contribution in [0.4, 0.5) is 0 Å². The summed E-state index contributed by atoms with van der Waals surface area (Å²) in [6.45, 7) is 1.72. The van der Waals surface area contributed by atoms with Crippen molar-refractivity contribution in [1.82, 2.24) is 9.80 Å². The summed E-state index contributed by atoms with van der Waals surface area (Å²) in [5.74, 6) is -0.0441. The third-order valence-corrected chi connectivity index (χ3v) is 3.81. The molecule has 0 unspecified atom stereocenters. The minimum atomic E-state index is -0.0221. The van der Waals surface area contributed by atoms with Gasteiger partial charge in [-0.05, 0) is 30.7 Å². The van der Waals surface area contributed by atoms with Gasteiger partial charge in [0.1, 0.15) is 0 Å². The summed E-state index contributed by atoms with van der Waals surface area (Å²) in [5.41, 5.74) is 1.33. The summed E-state index contributed by atoms with van der Waals surface area (Å²) in [6, 6.07) is 18.4. The van der Waals surface area contributed by atoms with Gasteiger partial charge in [0.25, 0.3) is 11.8 Å². The van der Waals surface area contributed by atoms with Crippen molar-refractivity contribution in [3.63, 3.8) is 0 Å². The molecule has 2 amide bonds. The molecular formula is C18H18N2O2. The van der Waals surface area contributed by atoms with Crippen LogP contribution in [0.5, 0.6) is 0 Å². The van der Waals surface area contributed by atoms with Crippen LogP contribution in [0.1, 0.15) is 27.1 Å². The van der Waals surface area contributed by atoms with Gasteiger partial charge in [-0.1, -0.05) is 36.4 Å². The smallest absolute Gasteiger partial charge is 0.255 e. The highest BCUT2D eigenvalue weighted by Gasteiger charge is 2.26. The van der Waals surface area contributed by atoms with E-state index in [0.717, 1.165) is 6.42 Å². The summed E-state index contributed by atoms with van der Waals surface area (Å²) in [6.07, 6.45) is 0.803. The van der Waals surface area contributed by atoms with Crippen LogP contribution in [0.3, 0.4) is 0 Å². The summed E-state index contributed by atoms with van der Waals surface area (Å²) in [5, 5.41) is 0. The Hall–Kier alpha value is -2.62. The van der Waals surface area contributed by atoms with Gasteiger partial charge in [-0.25, -0.2) is 0 Å². The van der Waals surface area contributed by atoms with Crippen molar-refractivity contribution in [3.8, 4) is 0 Å². The molecule has 0 saturated carbocycles. The van der Waals surface area contributed by atoms with Crippen LogP contribution in [-0.4, -0.2) is 41.4 Å². The van der Waals surface area contributed by atoms with Crippen molar-refractivity contribution in [2.45, 2.75) is 6.42 Å². The lowest BCUT2D eigenvalue weighted by Crippen LogP contribution is -2.49. The highest BCUT2D eigenvalue weighted by molar-refractivity contribution is 5.96. The molecule has 1 aliphatic rings. The van der Waals surface area contributed by atoms with E-state index in [1.165, 1.54) is 0 Å². The van der Waals surface area contributed by atoms with E-state index in [0.29, 0.717) is 30.9 Å². The lowest BCUT2D eigenvalue weighted by Gasteiger charge is -2.35. The van der Waals surface area contributed by atoms with Crippen molar-refractivity contribution in [2.24, 2.45) is 0 Å². The van der Waals surface area contributed by atoms with Crippen LogP contribution >= 0.6 is 0 Å². The molecule has 1 saturated heterocycles. The molecule has 1 fully saturated rings.